The van der Waals surface area contributed by atoms with Crippen LogP contribution in [0.25, 0.3) is 245 Å². The molecule has 13 nitrogen and oxygen atoms in total. The van der Waals surface area contributed by atoms with Gasteiger partial charge in [-0.15, -0.1) is 20.4 Å². The minimum absolute atomic E-state index is 0.0218. The lowest BCUT2D eigenvalue weighted by Crippen LogP contribution is -2.14. The first-order valence-corrected chi connectivity index (χ1v) is 48.1. The zero-order valence-corrected chi connectivity index (χ0v) is 78.1. The Kier molecular flexibility index (Phi) is 22.0. The summed E-state index contributed by atoms with van der Waals surface area (Å²) in [7, 11) is 0. The normalized spacial score (nSPS) is 11.9. The second-order valence-corrected chi connectivity index (χ2v) is 36.4. The van der Waals surface area contributed by atoms with Gasteiger partial charge >= 0.3 is 0 Å². The minimum atomic E-state index is -0.0218. The summed E-state index contributed by atoms with van der Waals surface area (Å²) in [4.78, 5) is 35.0. The smallest absolute Gasteiger partial charge is 0.255 e. The molecule has 20 aromatic carbocycles. The lowest BCUT2D eigenvalue weighted by Gasteiger charge is -2.22. The molecule has 0 N–H and O–H groups in total. The maximum atomic E-state index is 5.26. The molecule has 26 aromatic rings. The molecule has 1 aliphatic carbocycles. The topological polar surface area (TPSA) is 152 Å². The van der Waals surface area contributed by atoms with Gasteiger partial charge in [-0.05, 0) is 150 Å². The average molecular weight is 1830 g/mol. The van der Waals surface area contributed by atoms with Crippen molar-refractivity contribution >= 4 is 76.1 Å². The molecule has 0 saturated carbocycles. The van der Waals surface area contributed by atoms with Gasteiger partial charge in [0.25, 0.3) is 5.95 Å². The maximum absolute atomic E-state index is 5.26. The summed E-state index contributed by atoms with van der Waals surface area (Å²) in [6.45, 7) is 4.66. The van der Waals surface area contributed by atoms with Crippen molar-refractivity contribution in [3.63, 3.8) is 0 Å². The molecule has 6 aromatic heterocycles. The summed E-state index contributed by atoms with van der Waals surface area (Å²) in [5.74, 6) is 3.74. The van der Waals surface area contributed by atoms with Crippen LogP contribution in [-0.4, -0.2) is 64.4 Å². The Morgan fingerprint density at radius 3 is 1.16 bits per heavy atom. The second kappa shape index (κ2) is 36.8. The Labute approximate surface area is 826 Å². The molecule has 13 heteroatoms. The number of nitrogens with zero attached hydrogens (tertiary/aromatic N) is 13. The molecule has 0 fully saturated rings. The van der Waals surface area contributed by atoms with E-state index in [0.29, 0.717) is 35.1 Å². The predicted octanol–water partition coefficient (Wildman–Crippen LogP) is 32.0. The number of benzene rings is 20. The van der Waals surface area contributed by atoms with E-state index in [-0.39, 0.29) is 5.41 Å². The summed E-state index contributed by atoms with van der Waals surface area (Å²) < 4.78 is 4.51. The van der Waals surface area contributed by atoms with Gasteiger partial charge in [-0.3, -0.25) is 4.57 Å². The van der Waals surface area contributed by atoms with E-state index >= 15 is 0 Å². The van der Waals surface area contributed by atoms with Crippen LogP contribution in [0.1, 0.15) is 25.0 Å². The van der Waals surface area contributed by atoms with E-state index in [9.17, 15) is 0 Å². The van der Waals surface area contributed by atoms with Gasteiger partial charge in [0.1, 0.15) is 22.8 Å². The van der Waals surface area contributed by atoms with E-state index in [0.717, 1.165) is 150 Å². The molecule has 1 aliphatic rings. The number of hydrogen-bond acceptors (Lipinski definition) is 11. The van der Waals surface area contributed by atoms with Crippen LogP contribution < -0.4 is 0 Å². The van der Waals surface area contributed by atoms with Crippen LogP contribution in [0.4, 0.5) is 0 Å². The summed E-state index contributed by atoms with van der Waals surface area (Å²) in [5.41, 5.74) is 33.0. The zero-order chi connectivity index (χ0) is 95.3. The number of fused-ring (bicyclic) bond motifs is 15. The molecule has 0 amide bonds. The Bertz CT molecular complexity index is 9250. The fraction of sp³-hybridized carbons (Fsp3) is 0.0231. The molecule has 0 unspecified atom stereocenters. The van der Waals surface area contributed by atoms with Crippen LogP contribution >= 0.6 is 0 Å². The first kappa shape index (κ1) is 85.5. The van der Waals surface area contributed by atoms with Crippen molar-refractivity contribution in [3.8, 4) is 169 Å². The molecular weight excluding hydrogens is 1740 g/mol. The number of hydrogen-bond donors (Lipinski definition) is 0. The molecule has 672 valence electrons. The van der Waals surface area contributed by atoms with Crippen LogP contribution in [0.3, 0.4) is 0 Å². The van der Waals surface area contributed by atoms with Crippen molar-refractivity contribution < 1.29 is 0 Å². The molecule has 143 heavy (non-hydrogen) atoms. The monoisotopic (exact) mass is 1830 g/mol. The van der Waals surface area contributed by atoms with Crippen molar-refractivity contribution in [1.82, 2.24) is 64.4 Å². The highest BCUT2D eigenvalue weighted by atomic mass is 15.3. The number of rotatable bonds is 15. The Hall–Kier alpha value is -19.1. The third-order valence-corrected chi connectivity index (χ3v) is 27.5. The fourth-order valence-corrected chi connectivity index (χ4v) is 20.5. The molecule has 0 radical (unpaired) electrons. The lowest BCUT2D eigenvalue weighted by molar-refractivity contribution is 0.660. The van der Waals surface area contributed by atoms with E-state index < -0.39 is 0 Å². The average Bonchev–Trinajstić information content (AvgIpc) is 1.58. The van der Waals surface area contributed by atoms with E-state index in [1.54, 1.807) is 0 Å². The highest BCUT2D eigenvalue weighted by Crippen LogP contribution is 2.51. The maximum Gasteiger partial charge on any atom is 0.255 e. The van der Waals surface area contributed by atoms with Crippen LogP contribution in [0.15, 0.2) is 492 Å². The minimum Gasteiger partial charge on any atom is -0.309 e. The van der Waals surface area contributed by atoms with Crippen molar-refractivity contribution in [2.75, 3.05) is 0 Å². The van der Waals surface area contributed by atoms with E-state index in [1.165, 1.54) is 71.5 Å². The SMILES string of the molecule is CC1(C)c2ccccc2-c2ccc(-c3cccc(-c4ccc(-c5nnc(-c6ccccc6)c(-c6ccccc6)n5)cc4)c3)cc21.c1ccc(-c2nc(-c3ccccc3)nc(-c3cccc(-c4cccc(-c5ncc6c7ccccc7c7ccccc7c6n5)c4)c3)n2)cc1.c1ccc(-c2nnc(-n3c4ccccc4c4c(-c5ccc6c(c5)c5ccccc5n6-c5ccccc5)cccc43)nc2-c2ccccc2)cc1. The summed E-state index contributed by atoms with van der Waals surface area (Å²) in [6, 6.07) is 169. The molecule has 6 heterocycles. The Morgan fingerprint density at radius 1 is 0.189 bits per heavy atom. The summed E-state index contributed by atoms with van der Waals surface area (Å²) in [6.07, 6.45) is 1.97. The van der Waals surface area contributed by atoms with Crippen molar-refractivity contribution in [1.29, 1.82) is 0 Å². The quantitative estimate of drug-likeness (QED) is 0.0902. The van der Waals surface area contributed by atoms with Crippen LogP contribution in [0, 0.1) is 0 Å². The second-order valence-electron chi connectivity index (χ2n) is 36.4. The standard InChI is InChI=1S/C45H29N5.C43H27N5.C42H31N3/c1-4-15-30(16-5-1)43-44(31-17-6-2-7-18-31)47-48-45(46-43)50-39-25-13-11-22-36(39)42-34(23-14-26-41(42)50)32-27-28-40-37(29-32)35-21-10-12-24-38(35)49(40)33-19-8-3-9-20-33;1-3-13-28(14-4-1)41-46-42(29-15-5-2-6-16-29)48-43(47-41)33-20-12-18-31(26-33)30-17-11-19-32(25-30)40-44-27-38-36-23-8-7-21-34(36)35-22-9-10-24-37(35)39(38)45-40;1-42(2)37-19-10-9-18-35(37)36-25-24-34(27-38(36)42)33-17-11-16-32(26-33)28-20-22-31(23-21-28)41-43-39(29-12-5-3-6-13-29)40(44-45-41)30-14-7-4-8-15-30/h1-29H;1-27H;3-27H,1-2H3. The molecule has 0 bridgehead atoms. The van der Waals surface area contributed by atoms with E-state index in [2.05, 4.69) is 367 Å². The predicted molar refractivity (Wildman–Crippen MR) is 584 cm³/mol. The highest BCUT2D eigenvalue weighted by molar-refractivity contribution is 6.24. The third kappa shape index (κ3) is 16.0. The summed E-state index contributed by atoms with van der Waals surface area (Å²) in [5, 5.41) is 29.3. The fourth-order valence-electron chi connectivity index (χ4n) is 20.5. The van der Waals surface area contributed by atoms with E-state index in [4.69, 9.17) is 45.1 Å². The molecule has 0 atom stereocenters. The lowest BCUT2D eigenvalue weighted by atomic mass is 9.81. The molecular formula is C130H87N13. The Balaban J connectivity index is 0.000000113. The van der Waals surface area contributed by atoms with Crippen LogP contribution in [-0.2, 0) is 5.41 Å². The van der Waals surface area contributed by atoms with Gasteiger partial charge in [-0.25, -0.2) is 34.9 Å². The van der Waals surface area contributed by atoms with Gasteiger partial charge in [0, 0.05) is 99.7 Å². The highest BCUT2D eigenvalue weighted by Gasteiger charge is 2.36. The largest absolute Gasteiger partial charge is 0.309 e. The van der Waals surface area contributed by atoms with Crippen LogP contribution in [0.2, 0.25) is 0 Å². The van der Waals surface area contributed by atoms with Gasteiger partial charge < -0.3 is 4.57 Å². The van der Waals surface area contributed by atoms with Gasteiger partial charge in [0.15, 0.2) is 29.1 Å². The Morgan fingerprint density at radius 2 is 0.566 bits per heavy atom. The third-order valence-electron chi connectivity index (χ3n) is 27.5. The molecule has 0 saturated heterocycles. The number of para-hydroxylation sites is 3. The summed E-state index contributed by atoms with van der Waals surface area (Å²) >= 11 is 0. The molecule has 0 spiro atoms. The van der Waals surface area contributed by atoms with Gasteiger partial charge in [0.2, 0.25) is 0 Å². The molecule has 27 rings (SSSR count). The van der Waals surface area contributed by atoms with Gasteiger partial charge in [-0.1, -0.05) is 432 Å². The van der Waals surface area contributed by atoms with Crippen LogP contribution in [0.5, 0.6) is 0 Å². The first-order valence-electron chi connectivity index (χ1n) is 48.1. The number of aromatic nitrogens is 13. The van der Waals surface area contributed by atoms with Crippen molar-refractivity contribution in [2.24, 2.45) is 0 Å². The van der Waals surface area contributed by atoms with Crippen molar-refractivity contribution in [2.45, 2.75) is 19.3 Å². The van der Waals surface area contributed by atoms with Gasteiger partial charge in [-0.2, -0.15) is 0 Å². The first-order chi connectivity index (χ1) is 70.7. The van der Waals surface area contributed by atoms with Gasteiger partial charge in [0.05, 0.1) is 27.6 Å². The van der Waals surface area contributed by atoms with E-state index in [1.807, 2.05) is 158 Å². The molecule has 0 aliphatic heterocycles. The zero-order valence-electron chi connectivity index (χ0n) is 78.1. The van der Waals surface area contributed by atoms with Crippen molar-refractivity contribution in [3.05, 3.63) is 503 Å².